The van der Waals surface area contributed by atoms with E-state index in [0.29, 0.717) is 13.2 Å². The van der Waals surface area contributed by atoms with Crippen molar-refractivity contribution in [1.82, 2.24) is 4.57 Å². The van der Waals surface area contributed by atoms with Gasteiger partial charge in [0.05, 0.1) is 19.3 Å². The van der Waals surface area contributed by atoms with E-state index in [1.54, 1.807) is 16.7 Å². The van der Waals surface area contributed by atoms with Crippen LogP contribution in [0.25, 0.3) is 0 Å². The molecule has 0 aliphatic carbocycles. The van der Waals surface area contributed by atoms with E-state index in [9.17, 15) is 4.79 Å². The van der Waals surface area contributed by atoms with E-state index in [1.807, 2.05) is 19.2 Å². The fraction of sp³-hybridized carbons (Fsp3) is 0.762. The molecule has 0 aromatic carbocycles. The average molecular weight is 352 g/mol. The van der Waals surface area contributed by atoms with Crippen molar-refractivity contribution in [2.24, 2.45) is 0 Å². The second kappa shape index (κ2) is 12.3. The van der Waals surface area contributed by atoms with Crippen LogP contribution in [0, 0.1) is 0 Å². The van der Waals surface area contributed by atoms with Gasteiger partial charge in [-0.25, -0.2) is 0 Å². The van der Waals surface area contributed by atoms with Gasteiger partial charge in [-0.2, -0.15) is 0 Å². The van der Waals surface area contributed by atoms with Crippen LogP contribution in [-0.2, 0) is 9.47 Å². The van der Waals surface area contributed by atoms with Crippen molar-refractivity contribution in [1.29, 1.82) is 0 Å². The van der Waals surface area contributed by atoms with Gasteiger partial charge in [0.25, 0.3) is 5.56 Å². The normalized spacial score (nSPS) is 13.1. The summed E-state index contributed by atoms with van der Waals surface area (Å²) in [6.07, 6.45) is 10.3. The molecule has 0 saturated carbocycles. The number of ether oxygens (including phenoxy) is 2. The lowest BCUT2D eigenvalue weighted by atomic mass is 10.00. The largest absolute Gasteiger partial charge is 0.348 e. The number of aromatic nitrogens is 1. The van der Waals surface area contributed by atoms with Crippen LogP contribution < -0.4 is 5.56 Å². The van der Waals surface area contributed by atoms with Gasteiger partial charge < -0.3 is 14.0 Å². The van der Waals surface area contributed by atoms with Crippen molar-refractivity contribution < 1.29 is 9.47 Å². The van der Waals surface area contributed by atoms with Crippen LogP contribution in [-0.4, -0.2) is 23.6 Å². The van der Waals surface area contributed by atoms with Crippen molar-refractivity contribution in [3.63, 3.8) is 0 Å². The summed E-state index contributed by atoms with van der Waals surface area (Å²) in [5, 5.41) is 0. The molecule has 4 nitrogen and oxygen atoms in total. The van der Waals surface area contributed by atoms with Gasteiger partial charge in [0.15, 0.2) is 5.79 Å². The molecule has 0 radical (unpaired) electrons. The number of unbranched alkanes of at least 4 members (excludes halogenated alkanes) is 4. The van der Waals surface area contributed by atoms with Gasteiger partial charge >= 0.3 is 0 Å². The van der Waals surface area contributed by atoms with Crippen LogP contribution in [0.4, 0.5) is 0 Å². The first-order chi connectivity index (χ1) is 12.1. The number of rotatable bonds is 14. The van der Waals surface area contributed by atoms with E-state index in [-0.39, 0.29) is 11.6 Å². The summed E-state index contributed by atoms with van der Waals surface area (Å²) >= 11 is 0. The fourth-order valence-electron chi connectivity index (χ4n) is 3.01. The molecule has 1 atom stereocenters. The lowest BCUT2D eigenvalue weighted by molar-refractivity contribution is -0.253. The molecule has 1 aromatic heterocycles. The van der Waals surface area contributed by atoms with E-state index < -0.39 is 5.79 Å². The predicted molar refractivity (Wildman–Crippen MR) is 104 cm³/mol. The molecule has 0 N–H and O–H groups in total. The third kappa shape index (κ3) is 7.33. The highest BCUT2D eigenvalue weighted by Gasteiger charge is 2.37. The molecule has 1 aromatic rings. The van der Waals surface area contributed by atoms with Gasteiger partial charge in [0.2, 0.25) is 0 Å². The zero-order valence-corrected chi connectivity index (χ0v) is 16.6. The van der Waals surface area contributed by atoms with Gasteiger partial charge in [-0.3, -0.25) is 4.79 Å². The molecule has 1 heterocycles. The first-order valence-electron chi connectivity index (χ1n) is 10.0. The first-order valence-corrected chi connectivity index (χ1v) is 10.0. The Morgan fingerprint density at radius 1 is 0.960 bits per heavy atom. The van der Waals surface area contributed by atoms with E-state index in [0.717, 1.165) is 51.4 Å². The molecule has 0 aliphatic heterocycles. The zero-order valence-electron chi connectivity index (χ0n) is 16.6. The van der Waals surface area contributed by atoms with Crippen molar-refractivity contribution in [2.75, 3.05) is 13.2 Å². The molecule has 1 unspecified atom stereocenters. The molecular weight excluding hydrogens is 314 g/mol. The lowest BCUT2D eigenvalue weighted by Gasteiger charge is -2.38. The molecule has 25 heavy (non-hydrogen) atoms. The summed E-state index contributed by atoms with van der Waals surface area (Å²) in [6, 6.07) is 5.20. The topological polar surface area (TPSA) is 40.5 Å². The predicted octanol–water partition coefficient (Wildman–Crippen LogP) is 5.32. The molecule has 4 heteroatoms. The van der Waals surface area contributed by atoms with Gasteiger partial charge in [-0.15, -0.1) is 0 Å². The summed E-state index contributed by atoms with van der Waals surface area (Å²) in [7, 11) is 0. The highest BCUT2D eigenvalue weighted by molar-refractivity contribution is 4.97. The SMILES string of the molecule is CCCCCC(n1ccccc1=O)C(C)(OCCCC)OCCCC. The quantitative estimate of drug-likeness (QED) is 0.336. The number of hydrogen-bond acceptors (Lipinski definition) is 3. The highest BCUT2D eigenvalue weighted by Crippen LogP contribution is 2.32. The van der Waals surface area contributed by atoms with Crippen molar-refractivity contribution in [3.8, 4) is 0 Å². The summed E-state index contributed by atoms with van der Waals surface area (Å²) in [5.74, 6) is -0.775. The Labute approximate surface area is 153 Å². The summed E-state index contributed by atoms with van der Waals surface area (Å²) in [5.41, 5.74) is 0.00778. The third-order valence-corrected chi connectivity index (χ3v) is 4.65. The van der Waals surface area contributed by atoms with Gasteiger partial charge in [0, 0.05) is 12.3 Å². The third-order valence-electron chi connectivity index (χ3n) is 4.65. The Morgan fingerprint density at radius 3 is 2.08 bits per heavy atom. The molecule has 0 bridgehead atoms. The Bertz CT molecular complexity index is 502. The van der Waals surface area contributed by atoms with E-state index >= 15 is 0 Å². The van der Waals surface area contributed by atoms with E-state index in [4.69, 9.17) is 9.47 Å². The summed E-state index contributed by atoms with van der Waals surface area (Å²) in [4.78, 5) is 12.5. The molecule has 1 rings (SSSR count). The fourth-order valence-corrected chi connectivity index (χ4v) is 3.01. The number of hydrogen-bond donors (Lipinski definition) is 0. The molecule has 0 spiro atoms. The maximum atomic E-state index is 12.5. The van der Waals surface area contributed by atoms with Crippen LogP contribution in [0.5, 0.6) is 0 Å². The van der Waals surface area contributed by atoms with Crippen LogP contribution in [0.1, 0.15) is 85.1 Å². The highest BCUT2D eigenvalue weighted by atomic mass is 16.7. The van der Waals surface area contributed by atoms with Gasteiger partial charge in [-0.1, -0.05) is 58.9 Å². The van der Waals surface area contributed by atoms with Crippen molar-refractivity contribution in [3.05, 3.63) is 34.7 Å². The number of nitrogens with zero attached hydrogens (tertiary/aromatic N) is 1. The smallest absolute Gasteiger partial charge is 0.250 e. The minimum absolute atomic E-state index is 0.00778. The summed E-state index contributed by atoms with van der Waals surface area (Å²) in [6.45, 7) is 9.82. The second-order valence-corrected chi connectivity index (χ2v) is 6.88. The Kier molecular flexibility index (Phi) is 10.7. The second-order valence-electron chi connectivity index (χ2n) is 6.88. The molecule has 0 aliphatic rings. The number of pyridine rings is 1. The molecular formula is C21H37NO3. The minimum Gasteiger partial charge on any atom is -0.348 e. The first kappa shape index (κ1) is 21.9. The van der Waals surface area contributed by atoms with Crippen LogP contribution >= 0.6 is 0 Å². The van der Waals surface area contributed by atoms with Crippen LogP contribution in [0.15, 0.2) is 29.2 Å². The maximum Gasteiger partial charge on any atom is 0.250 e. The zero-order chi connectivity index (χ0) is 18.5. The van der Waals surface area contributed by atoms with Gasteiger partial charge in [0.1, 0.15) is 0 Å². The van der Waals surface area contributed by atoms with E-state index in [2.05, 4.69) is 20.8 Å². The lowest BCUT2D eigenvalue weighted by Crippen LogP contribution is -2.45. The van der Waals surface area contributed by atoms with Gasteiger partial charge in [-0.05, 0) is 32.3 Å². The molecule has 0 amide bonds. The van der Waals surface area contributed by atoms with Crippen molar-refractivity contribution in [2.45, 2.75) is 90.9 Å². The van der Waals surface area contributed by atoms with Crippen LogP contribution in [0.3, 0.4) is 0 Å². The molecule has 0 saturated heterocycles. The molecule has 0 fully saturated rings. The standard InChI is InChI=1S/C21H37NO3/c1-5-8-11-14-19(22-16-13-12-15-20(22)23)21(4,24-17-9-6-2)25-18-10-7-3/h12-13,15-16,19H,5-11,14,17-18H2,1-4H3. The Balaban J connectivity index is 3.06. The minimum atomic E-state index is -0.775. The monoisotopic (exact) mass is 351 g/mol. The van der Waals surface area contributed by atoms with Crippen LogP contribution in [0.2, 0.25) is 0 Å². The average Bonchev–Trinajstić information content (AvgIpc) is 2.60. The van der Waals surface area contributed by atoms with E-state index in [1.165, 1.54) is 0 Å². The summed E-state index contributed by atoms with van der Waals surface area (Å²) < 4.78 is 14.3. The molecule has 144 valence electrons. The Morgan fingerprint density at radius 2 is 1.56 bits per heavy atom. The maximum absolute atomic E-state index is 12.5. The Hall–Kier alpha value is -1.13. The van der Waals surface area contributed by atoms with Crippen molar-refractivity contribution >= 4 is 0 Å².